The van der Waals surface area contributed by atoms with Crippen molar-refractivity contribution in [1.29, 1.82) is 0 Å². The monoisotopic (exact) mass is 342 g/mol. The van der Waals surface area contributed by atoms with Gasteiger partial charge in [-0.1, -0.05) is 65.3 Å². The third kappa shape index (κ3) is 3.26. The van der Waals surface area contributed by atoms with Crippen LogP contribution < -0.4 is 5.32 Å². The zero-order chi connectivity index (χ0) is 16.9. The fourth-order valence-electron chi connectivity index (χ4n) is 2.31. The first-order chi connectivity index (χ1) is 11.7. The van der Waals surface area contributed by atoms with Crippen LogP contribution in [0.1, 0.15) is 15.9 Å². The Morgan fingerprint density at radius 2 is 1.88 bits per heavy atom. The first-order valence-electron chi connectivity index (χ1n) is 7.31. The average molecular weight is 343 g/mol. The first kappa shape index (κ1) is 16.1. The molecule has 24 heavy (non-hydrogen) atoms. The minimum absolute atomic E-state index is 0.251. The Morgan fingerprint density at radius 1 is 1.17 bits per heavy atom. The largest absolute Gasteiger partial charge is 0.465 e. The third-order valence-electron chi connectivity index (χ3n) is 3.53. The summed E-state index contributed by atoms with van der Waals surface area (Å²) in [4.78, 5) is 12.2. The predicted octanol–water partition coefficient (Wildman–Crippen LogP) is 4.39. The summed E-state index contributed by atoms with van der Waals surface area (Å²) < 4.78 is 10.2. The molecule has 3 rings (SSSR count). The summed E-state index contributed by atoms with van der Waals surface area (Å²) in [6, 6.07) is 16.7. The normalized spacial score (nSPS) is 10.4. The molecule has 0 radical (unpaired) electrons. The minimum Gasteiger partial charge on any atom is -0.465 e. The summed E-state index contributed by atoms with van der Waals surface area (Å²) in [7, 11) is 1.32. The summed E-state index contributed by atoms with van der Waals surface area (Å²) in [5.74, 6) is -0.266. The Labute approximate surface area is 144 Å². The van der Waals surface area contributed by atoms with E-state index in [1.807, 2.05) is 48.5 Å². The van der Waals surface area contributed by atoms with E-state index in [0.717, 1.165) is 11.1 Å². The molecule has 1 N–H and O–H groups in total. The predicted molar refractivity (Wildman–Crippen MR) is 92.1 cm³/mol. The molecule has 2 aromatic carbocycles. The quantitative estimate of drug-likeness (QED) is 0.696. The number of methoxy groups -OCH3 is 1. The number of ether oxygens (including phenoxy) is 1. The second-order valence-electron chi connectivity index (χ2n) is 5.04. The number of hydrogen-bond acceptors (Lipinski definition) is 5. The molecule has 0 bridgehead atoms. The maximum Gasteiger partial charge on any atom is 0.345 e. The van der Waals surface area contributed by atoms with Gasteiger partial charge in [-0.3, -0.25) is 0 Å². The Kier molecular flexibility index (Phi) is 4.82. The molecule has 0 fully saturated rings. The summed E-state index contributed by atoms with van der Waals surface area (Å²) in [6.45, 7) is 0.396. The zero-order valence-corrected chi connectivity index (χ0v) is 13.7. The summed E-state index contributed by atoms with van der Waals surface area (Å²) in [5.41, 5.74) is 2.35. The van der Waals surface area contributed by atoms with Gasteiger partial charge in [0, 0.05) is 17.1 Å². The van der Waals surface area contributed by atoms with E-state index in [9.17, 15) is 4.79 Å². The molecule has 0 aliphatic carbocycles. The van der Waals surface area contributed by atoms with Crippen LogP contribution in [-0.2, 0) is 11.3 Å². The molecule has 1 aromatic heterocycles. The van der Waals surface area contributed by atoms with Crippen molar-refractivity contribution < 1.29 is 14.1 Å². The molecule has 0 aliphatic heterocycles. The molecule has 0 atom stereocenters. The molecule has 122 valence electrons. The highest BCUT2D eigenvalue weighted by molar-refractivity contribution is 6.31. The smallest absolute Gasteiger partial charge is 0.345 e. The second-order valence-corrected chi connectivity index (χ2v) is 5.45. The van der Waals surface area contributed by atoms with Crippen molar-refractivity contribution in [2.45, 2.75) is 6.54 Å². The highest BCUT2D eigenvalue weighted by Crippen LogP contribution is 2.30. The van der Waals surface area contributed by atoms with Crippen molar-refractivity contribution in [3.63, 3.8) is 0 Å². The van der Waals surface area contributed by atoms with Gasteiger partial charge in [0.2, 0.25) is 5.88 Å². The Bertz CT molecular complexity index is 846. The van der Waals surface area contributed by atoms with Crippen LogP contribution in [0.15, 0.2) is 59.1 Å². The molecule has 6 heteroatoms. The number of benzene rings is 2. The van der Waals surface area contributed by atoms with Gasteiger partial charge in [0.1, 0.15) is 5.69 Å². The fourth-order valence-corrected chi connectivity index (χ4v) is 2.52. The number of carbonyl (C=O) groups is 1. The van der Waals surface area contributed by atoms with E-state index >= 15 is 0 Å². The van der Waals surface area contributed by atoms with E-state index in [0.29, 0.717) is 17.3 Å². The number of esters is 1. The maximum atomic E-state index is 12.2. The van der Waals surface area contributed by atoms with Gasteiger partial charge in [-0.05, 0) is 11.6 Å². The third-order valence-corrected chi connectivity index (χ3v) is 3.89. The lowest BCUT2D eigenvalue weighted by atomic mass is 10.1. The summed E-state index contributed by atoms with van der Waals surface area (Å²) in [6.07, 6.45) is 0. The van der Waals surface area contributed by atoms with E-state index < -0.39 is 5.97 Å². The zero-order valence-electron chi connectivity index (χ0n) is 13.0. The molecule has 0 saturated heterocycles. The van der Waals surface area contributed by atoms with Crippen LogP contribution in [0.3, 0.4) is 0 Å². The van der Waals surface area contributed by atoms with Gasteiger partial charge in [0.25, 0.3) is 0 Å². The van der Waals surface area contributed by atoms with Gasteiger partial charge in [-0.15, -0.1) is 0 Å². The lowest BCUT2D eigenvalue weighted by Crippen LogP contribution is -2.07. The van der Waals surface area contributed by atoms with Crippen molar-refractivity contribution in [2.24, 2.45) is 0 Å². The number of halogens is 1. The van der Waals surface area contributed by atoms with Gasteiger partial charge < -0.3 is 14.6 Å². The topological polar surface area (TPSA) is 64.4 Å². The molecule has 0 amide bonds. The molecule has 5 nitrogen and oxygen atoms in total. The molecule has 0 saturated carbocycles. The number of hydrogen-bond donors (Lipinski definition) is 1. The fraction of sp³-hybridized carbons (Fsp3) is 0.111. The van der Waals surface area contributed by atoms with E-state index in [2.05, 4.69) is 10.5 Å². The van der Waals surface area contributed by atoms with Gasteiger partial charge >= 0.3 is 5.97 Å². The van der Waals surface area contributed by atoms with Crippen LogP contribution in [0.2, 0.25) is 5.02 Å². The highest BCUT2D eigenvalue weighted by Gasteiger charge is 2.24. The number of rotatable bonds is 5. The lowest BCUT2D eigenvalue weighted by Gasteiger charge is -2.06. The number of nitrogens with one attached hydrogen (secondary N) is 1. The van der Waals surface area contributed by atoms with Crippen molar-refractivity contribution >= 4 is 23.5 Å². The Hall–Kier alpha value is -2.79. The van der Waals surface area contributed by atoms with Crippen molar-refractivity contribution in [3.05, 3.63) is 70.7 Å². The van der Waals surface area contributed by atoms with Crippen LogP contribution in [0.4, 0.5) is 5.88 Å². The van der Waals surface area contributed by atoms with Gasteiger partial charge in [-0.25, -0.2) is 4.79 Å². The Balaban J connectivity index is 1.92. The van der Waals surface area contributed by atoms with Crippen LogP contribution in [0.5, 0.6) is 0 Å². The maximum absolute atomic E-state index is 12.2. The molecule has 1 heterocycles. The molecule has 3 aromatic rings. The summed E-state index contributed by atoms with van der Waals surface area (Å²) in [5, 5.41) is 7.71. The molecular formula is C18H15ClN2O3. The van der Waals surface area contributed by atoms with Crippen LogP contribution in [0, 0.1) is 0 Å². The summed E-state index contributed by atoms with van der Waals surface area (Å²) >= 11 is 6.14. The number of anilines is 1. The van der Waals surface area contributed by atoms with Crippen LogP contribution in [0.25, 0.3) is 11.3 Å². The Morgan fingerprint density at radius 3 is 2.58 bits per heavy atom. The van der Waals surface area contributed by atoms with Crippen molar-refractivity contribution in [1.82, 2.24) is 5.16 Å². The van der Waals surface area contributed by atoms with E-state index in [1.165, 1.54) is 7.11 Å². The van der Waals surface area contributed by atoms with Gasteiger partial charge in [-0.2, -0.15) is 0 Å². The molecule has 0 aliphatic rings. The number of nitrogens with zero attached hydrogens (tertiary/aromatic N) is 1. The van der Waals surface area contributed by atoms with E-state index in [4.69, 9.17) is 20.9 Å². The van der Waals surface area contributed by atoms with E-state index in [-0.39, 0.29) is 11.4 Å². The minimum atomic E-state index is -0.517. The standard InChI is InChI=1S/C18H15ClN2O3/c1-23-18(22)15-16(12-7-3-2-4-8-12)21-24-17(15)20-11-13-9-5-6-10-14(13)19/h2-10,20H,11H2,1H3. The van der Waals surface area contributed by atoms with Gasteiger partial charge in [0.05, 0.1) is 7.11 Å². The van der Waals surface area contributed by atoms with Crippen LogP contribution in [-0.4, -0.2) is 18.2 Å². The molecule has 0 spiro atoms. The first-order valence-corrected chi connectivity index (χ1v) is 7.69. The van der Waals surface area contributed by atoms with Crippen molar-refractivity contribution in [2.75, 3.05) is 12.4 Å². The molecule has 0 unspecified atom stereocenters. The van der Waals surface area contributed by atoms with Gasteiger partial charge in [0.15, 0.2) is 5.56 Å². The van der Waals surface area contributed by atoms with E-state index in [1.54, 1.807) is 6.07 Å². The average Bonchev–Trinajstić information content (AvgIpc) is 3.05. The SMILES string of the molecule is COC(=O)c1c(-c2ccccc2)noc1NCc1ccccc1Cl. The number of aromatic nitrogens is 1. The van der Waals surface area contributed by atoms with Crippen molar-refractivity contribution in [3.8, 4) is 11.3 Å². The highest BCUT2D eigenvalue weighted by atomic mass is 35.5. The van der Waals surface area contributed by atoms with Crippen LogP contribution >= 0.6 is 11.6 Å². The number of carbonyl (C=O) groups excluding carboxylic acids is 1. The molecular weight excluding hydrogens is 328 g/mol. The second kappa shape index (κ2) is 7.19. The lowest BCUT2D eigenvalue weighted by molar-refractivity contribution is 0.0602.